The molecule has 1 aliphatic heterocycles. The Morgan fingerprint density at radius 2 is 1.88 bits per heavy atom. The molecule has 3 rings (SSSR count). The lowest BCUT2D eigenvalue weighted by molar-refractivity contribution is -0.168. The molecule has 1 amide bonds. The summed E-state index contributed by atoms with van der Waals surface area (Å²) in [7, 11) is 1.34. The molecule has 0 aromatic heterocycles. The minimum absolute atomic E-state index is 0.177. The van der Waals surface area contributed by atoms with Gasteiger partial charge in [0.1, 0.15) is 18.8 Å². The third kappa shape index (κ3) is 3.93. The van der Waals surface area contributed by atoms with Crippen LogP contribution in [-0.2, 0) is 30.3 Å². The zero-order valence-electron chi connectivity index (χ0n) is 14.6. The lowest BCUT2D eigenvalue weighted by Gasteiger charge is -2.23. The largest absolute Gasteiger partial charge is 0.469 e. The van der Waals surface area contributed by atoms with Crippen LogP contribution in [0.25, 0.3) is 0 Å². The van der Waals surface area contributed by atoms with Crippen LogP contribution in [0.2, 0.25) is 0 Å². The fourth-order valence-corrected chi connectivity index (χ4v) is 3.42. The maximum absolute atomic E-state index is 12.1. The molecule has 25 heavy (non-hydrogen) atoms. The van der Waals surface area contributed by atoms with Crippen LogP contribution in [0.5, 0.6) is 0 Å². The second-order valence-electron chi connectivity index (χ2n) is 6.74. The molecule has 0 bridgehead atoms. The van der Waals surface area contributed by atoms with E-state index in [0.717, 1.165) is 5.56 Å². The van der Waals surface area contributed by atoms with Crippen molar-refractivity contribution >= 4 is 12.1 Å². The van der Waals surface area contributed by atoms with Crippen molar-refractivity contribution in [3.8, 4) is 0 Å². The lowest BCUT2D eigenvalue weighted by Crippen LogP contribution is -2.43. The average Bonchev–Trinajstić information content (AvgIpc) is 3.07. The van der Waals surface area contributed by atoms with Gasteiger partial charge in [-0.15, -0.1) is 0 Å². The number of methoxy groups -OCH3 is 1. The second kappa shape index (κ2) is 7.01. The molecule has 1 saturated heterocycles. The van der Waals surface area contributed by atoms with E-state index in [1.165, 1.54) is 7.11 Å². The molecule has 0 radical (unpaired) electrons. The highest BCUT2D eigenvalue weighted by Gasteiger charge is 2.57. The van der Waals surface area contributed by atoms with Crippen molar-refractivity contribution < 1.29 is 28.5 Å². The zero-order chi connectivity index (χ0) is 18.0. The summed E-state index contributed by atoms with van der Waals surface area (Å²) in [5, 5.41) is 2.79. The van der Waals surface area contributed by atoms with Gasteiger partial charge < -0.3 is 24.3 Å². The standard InChI is InChI=1S/C18H23NO6/c1-18(2)24-14-12(16(20)22-3)9-13(15(14)25-18)19-17(21)23-10-11-7-5-4-6-8-11/h4-8,12-15H,9-10H2,1-3H3,(H,19,21)/t12?,13?,14-,15+/m1/s1. The number of amides is 1. The Morgan fingerprint density at radius 1 is 1.20 bits per heavy atom. The summed E-state index contributed by atoms with van der Waals surface area (Å²) in [6.07, 6.45) is -1.02. The number of carbonyl (C=O) groups excluding carboxylic acids is 2. The van der Waals surface area contributed by atoms with E-state index >= 15 is 0 Å². The van der Waals surface area contributed by atoms with Gasteiger partial charge in [0.15, 0.2) is 5.79 Å². The van der Waals surface area contributed by atoms with Crippen molar-refractivity contribution in [1.82, 2.24) is 5.32 Å². The summed E-state index contributed by atoms with van der Waals surface area (Å²) in [5.41, 5.74) is 0.899. The molecule has 1 aromatic carbocycles. The predicted octanol–water partition coefficient (Wildman–Crippen LogP) is 1.99. The molecule has 1 heterocycles. The molecule has 136 valence electrons. The number of hydrogen-bond acceptors (Lipinski definition) is 6. The van der Waals surface area contributed by atoms with Crippen LogP contribution < -0.4 is 5.32 Å². The predicted molar refractivity (Wildman–Crippen MR) is 87.5 cm³/mol. The minimum atomic E-state index is -0.810. The number of benzene rings is 1. The quantitative estimate of drug-likeness (QED) is 0.837. The molecule has 7 heteroatoms. The number of nitrogens with one attached hydrogen (secondary N) is 1. The lowest BCUT2D eigenvalue weighted by atomic mass is 10.1. The number of esters is 1. The molecule has 1 saturated carbocycles. The van der Waals surface area contributed by atoms with E-state index in [1.54, 1.807) is 13.8 Å². The van der Waals surface area contributed by atoms with Crippen LogP contribution in [0.3, 0.4) is 0 Å². The SMILES string of the molecule is COC(=O)C1CC(NC(=O)OCc2ccccc2)[C@@H]2OC(C)(C)O[C@H]12. The first kappa shape index (κ1) is 17.7. The molecular formula is C18H23NO6. The van der Waals surface area contributed by atoms with E-state index in [1.807, 2.05) is 30.3 Å². The Balaban J connectivity index is 1.61. The van der Waals surface area contributed by atoms with Crippen LogP contribution in [0.1, 0.15) is 25.8 Å². The maximum Gasteiger partial charge on any atom is 0.407 e. The van der Waals surface area contributed by atoms with Crippen molar-refractivity contribution in [3.63, 3.8) is 0 Å². The van der Waals surface area contributed by atoms with Gasteiger partial charge in [-0.1, -0.05) is 30.3 Å². The first-order valence-corrected chi connectivity index (χ1v) is 8.30. The number of hydrogen-bond donors (Lipinski definition) is 1. The third-order valence-corrected chi connectivity index (χ3v) is 4.48. The molecule has 2 fully saturated rings. The number of alkyl carbamates (subject to hydrolysis) is 1. The summed E-state index contributed by atoms with van der Waals surface area (Å²) in [4.78, 5) is 24.1. The molecular weight excluding hydrogens is 326 g/mol. The van der Waals surface area contributed by atoms with Crippen LogP contribution in [0, 0.1) is 5.92 Å². The Bertz CT molecular complexity index is 632. The first-order chi connectivity index (χ1) is 11.9. The van der Waals surface area contributed by atoms with Gasteiger partial charge in [0, 0.05) is 0 Å². The summed E-state index contributed by atoms with van der Waals surface area (Å²) in [5.74, 6) is -1.65. The van der Waals surface area contributed by atoms with E-state index in [4.69, 9.17) is 18.9 Å². The van der Waals surface area contributed by atoms with Gasteiger partial charge in [0.05, 0.1) is 19.1 Å². The summed E-state index contributed by atoms with van der Waals surface area (Å²) < 4.78 is 21.8. The molecule has 4 atom stereocenters. The monoisotopic (exact) mass is 349 g/mol. The maximum atomic E-state index is 12.1. The highest BCUT2D eigenvalue weighted by Crippen LogP contribution is 2.42. The minimum Gasteiger partial charge on any atom is -0.469 e. The number of fused-ring (bicyclic) bond motifs is 1. The van der Waals surface area contributed by atoms with Gasteiger partial charge in [-0.05, 0) is 25.8 Å². The molecule has 2 unspecified atom stereocenters. The smallest absolute Gasteiger partial charge is 0.407 e. The van der Waals surface area contributed by atoms with Gasteiger partial charge >= 0.3 is 12.1 Å². The van der Waals surface area contributed by atoms with E-state index < -0.39 is 30.0 Å². The Kier molecular flexibility index (Phi) is 4.96. The molecule has 1 aliphatic carbocycles. The Hall–Kier alpha value is -2.12. The van der Waals surface area contributed by atoms with E-state index in [9.17, 15) is 9.59 Å². The summed E-state index contributed by atoms with van der Waals surface area (Å²) >= 11 is 0. The Labute approximate surface area is 146 Å². The third-order valence-electron chi connectivity index (χ3n) is 4.48. The van der Waals surface area contributed by atoms with Crippen molar-refractivity contribution in [2.75, 3.05) is 7.11 Å². The molecule has 7 nitrogen and oxygen atoms in total. The van der Waals surface area contributed by atoms with Crippen LogP contribution in [-0.4, -0.2) is 43.2 Å². The number of ether oxygens (including phenoxy) is 4. The zero-order valence-corrected chi connectivity index (χ0v) is 14.6. The second-order valence-corrected chi connectivity index (χ2v) is 6.74. The normalized spacial score (nSPS) is 29.7. The van der Waals surface area contributed by atoms with Gasteiger partial charge in [-0.25, -0.2) is 4.79 Å². The first-order valence-electron chi connectivity index (χ1n) is 8.30. The van der Waals surface area contributed by atoms with Gasteiger partial charge in [-0.2, -0.15) is 0 Å². The van der Waals surface area contributed by atoms with Crippen molar-refractivity contribution in [1.29, 1.82) is 0 Å². The topological polar surface area (TPSA) is 83.1 Å². The fraction of sp³-hybridized carbons (Fsp3) is 0.556. The van der Waals surface area contributed by atoms with Gasteiger partial charge in [-0.3, -0.25) is 4.79 Å². The van der Waals surface area contributed by atoms with E-state index in [0.29, 0.717) is 6.42 Å². The summed E-state index contributed by atoms with van der Waals surface area (Å²) in [6, 6.07) is 9.04. The fourth-order valence-electron chi connectivity index (χ4n) is 3.42. The van der Waals surface area contributed by atoms with Gasteiger partial charge in [0.2, 0.25) is 0 Å². The van der Waals surface area contributed by atoms with Crippen LogP contribution in [0.4, 0.5) is 4.79 Å². The Morgan fingerprint density at radius 3 is 2.56 bits per heavy atom. The van der Waals surface area contributed by atoms with E-state index in [-0.39, 0.29) is 18.6 Å². The van der Waals surface area contributed by atoms with Crippen molar-refractivity contribution in [2.24, 2.45) is 5.92 Å². The average molecular weight is 349 g/mol. The molecule has 0 spiro atoms. The van der Waals surface area contributed by atoms with Crippen LogP contribution in [0.15, 0.2) is 30.3 Å². The highest BCUT2D eigenvalue weighted by molar-refractivity contribution is 5.74. The highest BCUT2D eigenvalue weighted by atomic mass is 16.8. The van der Waals surface area contributed by atoms with Gasteiger partial charge in [0.25, 0.3) is 0 Å². The van der Waals surface area contributed by atoms with Crippen molar-refractivity contribution in [3.05, 3.63) is 35.9 Å². The van der Waals surface area contributed by atoms with Crippen LogP contribution >= 0.6 is 0 Å². The molecule has 1 N–H and O–H groups in total. The number of carbonyl (C=O) groups is 2. The van der Waals surface area contributed by atoms with E-state index in [2.05, 4.69) is 5.32 Å². The van der Waals surface area contributed by atoms with Crippen molar-refractivity contribution in [2.45, 2.75) is 50.9 Å². The number of rotatable bonds is 4. The molecule has 2 aliphatic rings. The molecule has 1 aromatic rings. The summed E-state index contributed by atoms with van der Waals surface area (Å²) in [6.45, 7) is 3.74.